The standard InChI is InChI=1S/C20H20N4O4S/c1-12-8-18(24(25)26)20(29(22,27)28)14(3)19(12)13(2)10-23-11-15(9-21)16-6-4-5-7-17(16)23/h4-8,11,13H,10H2,1-3H3,(H2,22,27,28)/t13-/m1/s1. The van der Waals surface area contributed by atoms with Gasteiger partial charge in [-0.05, 0) is 42.5 Å². The van der Waals surface area contributed by atoms with Crippen LogP contribution in [0.3, 0.4) is 0 Å². The van der Waals surface area contributed by atoms with Crippen molar-refractivity contribution in [3.05, 3.63) is 68.9 Å². The van der Waals surface area contributed by atoms with Crippen LogP contribution in [0.2, 0.25) is 0 Å². The second-order valence-corrected chi connectivity index (χ2v) is 8.61. The lowest BCUT2D eigenvalue weighted by molar-refractivity contribution is -0.388. The monoisotopic (exact) mass is 412 g/mol. The summed E-state index contributed by atoms with van der Waals surface area (Å²) in [4.78, 5) is 10.2. The lowest BCUT2D eigenvalue weighted by Gasteiger charge is -2.20. The average Bonchev–Trinajstić information content (AvgIpc) is 2.97. The van der Waals surface area contributed by atoms with E-state index < -0.39 is 25.5 Å². The molecule has 3 aromatic rings. The van der Waals surface area contributed by atoms with Crippen molar-refractivity contribution >= 4 is 26.6 Å². The summed E-state index contributed by atoms with van der Waals surface area (Å²) in [7, 11) is -4.28. The van der Waals surface area contributed by atoms with E-state index in [0.29, 0.717) is 23.2 Å². The van der Waals surface area contributed by atoms with Crippen LogP contribution in [-0.4, -0.2) is 17.9 Å². The number of nitrogens with two attached hydrogens (primary N) is 1. The SMILES string of the molecule is Cc1cc([N+](=O)[O-])c(S(N)(=O)=O)c(C)c1[C@H](C)Cn1cc(C#N)c2ccccc21. The minimum Gasteiger partial charge on any atom is -0.346 e. The van der Waals surface area contributed by atoms with E-state index in [2.05, 4.69) is 6.07 Å². The highest BCUT2D eigenvalue weighted by Crippen LogP contribution is 2.36. The average molecular weight is 412 g/mol. The Bertz CT molecular complexity index is 1290. The van der Waals surface area contributed by atoms with Crippen molar-refractivity contribution in [1.82, 2.24) is 4.57 Å². The van der Waals surface area contributed by atoms with Gasteiger partial charge < -0.3 is 4.57 Å². The fourth-order valence-corrected chi connectivity index (χ4v) is 5.05. The molecule has 29 heavy (non-hydrogen) atoms. The van der Waals surface area contributed by atoms with Gasteiger partial charge in [0.05, 0.1) is 10.5 Å². The number of hydrogen-bond donors (Lipinski definition) is 1. The third kappa shape index (κ3) is 3.60. The molecular formula is C20H20N4O4S. The van der Waals surface area contributed by atoms with Gasteiger partial charge in [-0.1, -0.05) is 25.1 Å². The summed E-state index contributed by atoms with van der Waals surface area (Å²) in [5.74, 6) is -0.182. The molecule has 0 saturated carbocycles. The van der Waals surface area contributed by atoms with Gasteiger partial charge in [-0.2, -0.15) is 5.26 Å². The predicted molar refractivity (Wildman–Crippen MR) is 109 cm³/mol. The van der Waals surface area contributed by atoms with E-state index >= 15 is 0 Å². The Balaban J connectivity index is 2.15. The number of aromatic nitrogens is 1. The molecule has 9 heteroatoms. The van der Waals surface area contributed by atoms with Gasteiger partial charge in [-0.3, -0.25) is 10.1 Å². The highest BCUT2D eigenvalue weighted by atomic mass is 32.2. The van der Waals surface area contributed by atoms with Crippen molar-refractivity contribution in [2.75, 3.05) is 0 Å². The predicted octanol–water partition coefficient (Wildman–Crippen LogP) is 3.49. The number of hydrogen-bond acceptors (Lipinski definition) is 5. The van der Waals surface area contributed by atoms with Crippen molar-refractivity contribution in [2.24, 2.45) is 5.14 Å². The molecule has 0 unspecified atom stereocenters. The van der Waals surface area contributed by atoms with Crippen LogP contribution < -0.4 is 5.14 Å². The molecule has 1 atom stereocenters. The van der Waals surface area contributed by atoms with Gasteiger partial charge in [0.1, 0.15) is 6.07 Å². The molecule has 1 aromatic heterocycles. The van der Waals surface area contributed by atoms with Crippen LogP contribution in [0, 0.1) is 35.3 Å². The fourth-order valence-electron chi connectivity index (χ4n) is 4.08. The second kappa shape index (κ2) is 7.31. The first-order valence-corrected chi connectivity index (χ1v) is 10.4. The van der Waals surface area contributed by atoms with E-state index in [0.717, 1.165) is 10.9 Å². The Morgan fingerprint density at radius 3 is 2.55 bits per heavy atom. The van der Waals surface area contributed by atoms with E-state index in [1.807, 2.05) is 35.8 Å². The van der Waals surface area contributed by atoms with E-state index in [1.54, 1.807) is 20.0 Å². The Hall–Kier alpha value is -3.22. The molecular weight excluding hydrogens is 392 g/mol. The van der Waals surface area contributed by atoms with Crippen LogP contribution in [-0.2, 0) is 16.6 Å². The Kier molecular flexibility index (Phi) is 5.17. The van der Waals surface area contributed by atoms with Crippen LogP contribution in [0.1, 0.15) is 35.1 Å². The number of para-hydroxylation sites is 1. The van der Waals surface area contributed by atoms with Crippen molar-refractivity contribution < 1.29 is 13.3 Å². The molecule has 1 heterocycles. The molecule has 0 aliphatic heterocycles. The van der Waals surface area contributed by atoms with Gasteiger partial charge in [0.15, 0.2) is 4.90 Å². The molecule has 8 nitrogen and oxygen atoms in total. The van der Waals surface area contributed by atoms with Crippen molar-refractivity contribution in [3.8, 4) is 6.07 Å². The van der Waals surface area contributed by atoms with Gasteiger partial charge in [-0.25, -0.2) is 13.6 Å². The lowest BCUT2D eigenvalue weighted by atomic mass is 9.91. The highest BCUT2D eigenvalue weighted by Gasteiger charge is 2.30. The Morgan fingerprint density at radius 2 is 1.97 bits per heavy atom. The normalized spacial score (nSPS) is 12.7. The van der Waals surface area contributed by atoms with Crippen LogP contribution in [0.15, 0.2) is 41.4 Å². The molecule has 2 N–H and O–H groups in total. The third-order valence-corrected chi connectivity index (χ3v) is 6.19. The van der Waals surface area contributed by atoms with Crippen molar-refractivity contribution in [2.45, 2.75) is 38.1 Å². The number of benzene rings is 2. The number of aryl methyl sites for hydroxylation is 1. The molecule has 150 valence electrons. The maximum absolute atomic E-state index is 12.1. The van der Waals surface area contributed by atoms with Crippen LogP contribution in [0.25, 0.3) is 10.9 Å². The van der Waals surface area contributed by atoms with Gasteiger partial charge in [0, 0.05) is 29.7 Å². The van der Waals surface area contributed by atoms with Gasteiger partial charge in [0.25, 0.3) is 5.69 Å². The fraction of sp³-hybridized carbons (Fsp3) is 0.250. The molecule has 0 amide bonds. The molecule has 0 saturated heterocycles. The quantitative estimate of drug-likeness (QED) is 0.506. The zero-order valence-electron chi connectivity index (χ0n) is 16.2. The summed E-state index contributed by atoms with van der Waals surface area (Å²) in [5.41, 5.74) is 2.51. The zero-order chi connectivity index (χ0) is 21.5. The Labute approximate surface area is 168 Å². The molecule has 2 aromatic carbocycles. The second-order valence-electron chi connectivity index (χ2n) is 7.11. The zero-order valence-corrected chi connectivity index (χ0v) is 17.0. The van der Waals surface area contributed by atoms with E-state index in [-0.39, 0.29) is 11.5 Å². The lowest BCUT2D eigenvalue weighted by Crippen LogP contribution is -2.19. The minimum atomic E-state index is -4.28. The van der Waals surface area contributed by atoms with Gasteiger partial charge in [-0.15, -0.1) is 0 Å². The van der Waals surface area contributed by atoms with Gasteiger partial charge >= 0.3 is 0 Å². The number of nitriles is 1. The number of fused-ring (bicyclic) bond motifs is 1. The molecule has 0 aliphatic rings. The van der Waals surface area contributed by atoms with E-state index in [4.69, 9.17) is 5.14 Å². The topological polar surface area (TPSA) is 132 Å². The van der Waals surface area contributed by atoms with Crippen LogP contribution in [0.4, 0.5) is 5.69 Å². The summed E-state index contributed by atoms with van der Waals surface area (Å²) in [5, 5.41) is 26.9. The summed E-state index contributed by atoms with van der Waals surface area (Å²) < 4.78 is 26.1. The summed E-state index contributed by atoms with van der Waals surface area (Å²) in [6, 6.07) is 11.0. The number of nitro benzene ring substituents is 1. The Morgan fingerprint density at radius 1 is 1.31 bits per heavy atom. The molecule has 0 radical (unpaired) electrons. The maximum atomic E-state index is 12.1. The first-order chi connectivity index (χ1) is 13.6. The van der Waals surface area contributed by atoms with Crippen LogP contribution >= 0.6 is 0 Å². The van der Waals surface area contributed by atoms with E-state index in [9.17, 15) is 23.8 Å². The smallest absolute Gasteiger partial charge is 0.289 e. The number of sulfonamides is 1. The number of nitro groups is 1. The first kappa shape index (κ1) is 20.5. The first-order valence-electron chi connectivity index (χ1n) is 8.85. The van der Waals surface area contributed by atoms with E-state index in [1.165, 1.54) is 6.07 Å². The maximum Gasteiger partial charge on any atom is 0.289 e. The highest BCUT2D eigenvalue weighted by molar-refractivity contribution is 7.89. The minimum absolute atomic E-state index is 0.182. The molecule has 0 spiro atoms. The number of primary sulfonamides is 1. The molecule has 0 fully saturated rings. The summed E-state index contributed by atoms with van der Waals surface area (Å²) >= 11 is 0. The number of nitrogens with zero attached hydrogens (tertiary/aromatic N) is 3. The third-order valence-electron chi connectivity index (χ3n) is 5.11. The summed E-state index contributed by atoms with van der Waals surface area (Å²) in [6.07, 6.45) is 1.76. The van der Waals surface area contributed by atoms with Gasteiger partial charge in [0.2, 0.25) is 10.0 Å². The molecule has 3 rings (SSSR count). The van der Waals surface area contributed by atoms with Crippen molar-refractivity contribution in [1.29, 1.82) is 5.26 Å². The van der Waals surface area contributed by atoms with Crippen LogP contribution in [0.5, 0.6) is 0 Å². The molecule has 0 bridgehead atoms. The summed E-state index contributed by atoms with van der Waals surface area (Å²) in [6.45, 7) is 5.63. The molecule has 0 aliphatic carbocycles. The van der Waals surface area contributed by atoms with Crippen molar-refractivity contribution in [3.63, 3.8) is 0 Å². The number of rotatable bonds is 5. The largest absolute Gasteiger partial charge is 0.346 e.